The number of piperazine rings is 1. The van der Waals surface area contributed by atoms with Crippen molar-refractivity contribution in [3.8, 4) is 0 Å². The summed E-state index contributed by atoms with van der Waals surface area (Å²) >= 11 is 0. The maximum atomic E-state index is 13.1. The molecule has 0 spiro atoms. The normalized spacial score (nSPS) is 20.6. The molecule has 0 saturated carbocycles. The molecule has 0 aromatic carbocycles. The number of carbonyl (C=O) groups is 3. The van der Waals surface area contributed by atoms with E-state index < -0.39 is 6.04 Å². The van der Waals surface area contributed by atoms with E-state index in [2.05, 4.69) is 11.9 Å². The summed E-state index contributed by atoms with van der Waals surface area (Å²) in [6.07, 6.45) is 5.62. The van der Waals surface area contributed by atoms with E-state index in [-0.39, 0.29) is 23.5 Å². The molecular formula is C20H28N4O4. The molecule has 2 aliphatic heterocycles. The number of hydrogen-bond acceptors (Lipinski definition) is 5. The van der Waals surface area contributed by atoms with Gasteiger partial charge in [0.25, 0.3) is 5.91 Å². The van der Waals surface area contributed by atoms with Crippen LogP contribution in [0.15, 0.2) is 35.5 Å². The Bertz CT molecular complexity index is 695. The van der Waals surface area contributed by atoms with Crippen molar-refractivity contribution < 1.29 is 18.8 Å². The van der Waals surface area contributed by atoms with E-state index in [9.17, 15) is 14.4 Å². The minimum absolute atomic E-state index is 0.00429. The van der Waals surface area contributed by atoms with Crippen LogP contribution in [0.1, 0.15) is 29.8 Å². The molecule has 1 atom stereocenters. The third kappa shape index (κ3) is 4.81. The van der Waals surface area contributed by atoms with Crippen LogP contribution in [-0.2, 0) is 9.59 Å². The quantitative estimate of drug-likeness (QED) is 0.726. The first-order chi connectivity index (χ1) is 13.6. The van der Waals surface area contributed by atoms with E-state index in [1.54, 1.807) is 23.1 Å². The third-order valence-electron chi connectivity index (χ3n) is 5.28. The number of nitrogens with one attached hydrogen (secondary N) is 1. The van der Waals surface area contributed by atoms with Crippen LogP contribution in [0.3, 0.4) is 0 Å². The van der Waals surface area contributed by atoms with Crippen LogP contribution in [0.2, 0.25) is 0 Å². The van der Waals surface area contributed by atoms with Gasteiger partial charge in [-0.2, -0.15) is 0 Å². The Morgan fingerprint density at radius 1 is 1.18 bits per heavy atom. The number of hydrogen-bond donors (Lipinski definition) is 1. The molecule has 0 bridgehead atoms. The molecule has 0 radical (unpaired) electrons. The average Bonchev–Trinajstić information content (AvgIpc) is 3.26. The third-order valence-corrected chi connectivity index (χ3v) is 5.28. The monoisotopic (exact) mass is 388 g/mol. The molecule has 28 heavy (non-hydrogen) atoms. The van der Waals surface area contributed by atoms with Crippen molar-refractivity contribution in [2.24, 2.45) is 0 Å². The number of carbonyl (C=O) groups excluding carboxylic acids is 3. The van der Waals surface area contributed by atoms with Gasteiger partial charge in [-0.1, -0.05) is 6.08 Å². The van der Waals surface area contributed by atoms with Gasteiger partial charge in [0.05, 0.1) is 12.8 Å². The summed E-state index contributed by atoms with van der Waals surface area (Å²) in [6, 6.07) is 2.88. The predicted molar refractivity (Wildman–Crippen MR) is 104 cm³/mol. The minimum Gasteiger partial charge on any atom is -0.459 e. The molecule has 0 aliphatic carbocycles. The first-order valence-corrected chi connectivity index (χ1v) is 9.83. The molecule has 2 fully saturated rings. The molecule has 1 unspecified atom stereocenters. The molecule has 3 amide bonds. The highest BCUT2D eigenvalue weighted by molar-refractivity contribution is 5.95. The summed E-state index contributed by atoms with van der Waals surface area (Å²) in [7, 11) is 0. The Kier molecular flexibility index (Phi) is 6.86. The summed E-state index contributed by atoms with van der Waals surface area (Å²) in [5.41, 5.74) is 0. The van der Waals surface area contributed by atoms with Crippen molar-refractivity contribution in [3.05, 3.63) is 36.8 Å². The molecule has 3 heterocycles. The summed E-state index contributed by atoms with van der Waals surface area (Å²) in [6.45, 7) is 7.34. The molecule has 8 heteroatoms. The fraction of sp³-hybridized carbons (Fsp3) is 0.550. The molecule has 1 aromatic rings. The van der Waals surface area contributed by atoms with E-state index in [0.29, 0.717) is 52.2 Å². The van der Waals surface area contributed by atoms with Crippen molar-refractivity contribution in [1.82, 2.24) is 20.0 Å². The molecule has 152 valence electrons. The largest absolute Gasteiger partial charge is 0.459 e. The Labute approximate surface area is 165 Å². The fourth-order valence-electron chi connectivity index (χ4n) is 3.76. The van der Waals surface area contributed by atoms with Crippen LogP contribution in [-0.4, -0.2) is 84.3 Å². The van der Waals surface area contributed by atoms with Gasteiger partial charge in [-0.05, 0) is 31.4 Å². The van der Waals surface area contributed by atoms with Gasteiger partial charge in [0.15, 0.2) is 5.76 Å². The number of rotatable bonds is 6. The van der Waals surface area contributed by atoms with E-state index >= 15 is 0 Å². The highest BCUT2D eigenvalue weighted by Crippen LogP contribution is 2.22. The van der Waals surface area contributed by atoms with E-state index in [0.717, 1.165) is 12.8 Å². The first-order valence-electron chi connectivity index (χ1n) is 9.83. The Morgan fingerprint density at radius 2 is 1.96 bits per heavy atom. The van der Waals surface area contributed by atoms with E-state index in [1.807, 2.05) is 9.80 Å². The van der Waals surface area contributed by atoms with Crippen molar-refractivity contribution in [3.63, 3.8) is 0 Å². The predicted octanol–water partition coefficient (Wildman–Crippen LogP) is 0.721. The van der Waals surface area contributed by atoms with Gasteiger partial charge in [0.1, 0.15) is 6.04 Å². The number of amides is 3. The molecule has 8 nitrogen and oxygen atoms in total. The van der Waals surface area contributed by atoms with Crippen LogP contribution in [0, 0.1) is 0 Å². The van der Waals surface area contributed by atoms with Gasteiger partial charge in [-0.25, -0.2) is 0 Å². The van der Waals surface area contributed by atoms with Gasteiger partial charge in [-0.3, -0.25) is 19.3 Å². The average molecular weight is 388 g/mol. The fourth-order valence-corrected chi connectivity index (χ4v) is 3.76. The minimum atomic E-state index is -0.436. The maximum absolute atomic E-state index is 13.1. The molecule has 2 aliphatic rings. The zero-order valence-electron chi connectivity index (χ0n) is 16.1. The van der Waals surface area contributed by atoms with Gasteiger partial charge < -0.3 is 19.5 Å². The zero-order valence-corrected chi connectivity index (χ0v) is 16.1. The number of piperidine rings is 1. The lowest BCUT2D eigenvalue weighted by molar-refractivity contribution is -0.139. The second-order valence-corrected chi connectivity index (χ2v) is 7.18. The van der Waals surface area contributed by atoms with Crippen LogP contribution in [0.4, 0.5) is 0 Å². The van der Waals surface area contributed by atoms with Gasteiger partial charge in [0, 0.05) is 39.3 Å². The molecule has 1 aromatic heterocycles. The summed E-state index contributed by atoms with van der Waals surface area (Å²) in [5.74, 6) is 0.00757. The van der Waals surface area contributed by atoms with Crippen LogP contribution < -0.4 is 5.32 Å². The summed E-state index contributed by atoms with van der Waals surface area (Å²) in [5, 5.41) is 2.76. The second kappa shape index (κ2) is 9.54. The van der Waals surface area contributed by atoms with Gasteiger partial charge in [0.2, 0.25) is 11.8 Å². The zero-order chi connectivity index (χ0) is 19.9. The van der Waals surface area contributed by atoms with Crippen molar-refractivity contribution in [2.75, 3.05) is 45.8 Å². The van der Waals surface area contributed by atoms with Gasteiger partial charge in [-0.15, -0.1) is 6.58 Å². The molecular weight excluding hydrogens is 360 g/mol. The highest BCUT2D eigenvalue weighted by Gasteiger charge is 2.36. The van der Waals surface area contributed by atoms with Crippen molar-refractivity contribution in [2.45, 2.75) is 25.3 Å². The summed E-state index contributed by atoms with van der Waals surface area (Å²) in [4.78, 5) is 43.2. The van der Waals surface area contributed by atoms with Crippen LogP contribution in [0.25, 0.3) is 0 Å². The van der Waals surface area contributed by atoms with Crippen molar-refractivity contribution >= 4 is 17.7 Å². The Balaban J connectivity index is 1.55. The topological polar surface area (TPSA) is 86.1 Å². The molecule has 1 N–H and O–H groups in total. The number of nitrogens with zero attached hydrogens (tertiary/aromatic N) is 3. The smallest absolute Gasteiger partial charge is 0.290 e. The van der Waals surface area contributed by atoms with Crippen molar-refractivity contribution in [1.29, 1.82) is 0 Å². The molecule has 3 rings (SSSR count). The summed E-state index contributed by atoms with van der Waals surface area (Å²) < 4.78 is 5.23. The standard InChI is InChI=1S/C20H28N4O4/c1-2-8-21-18(25)15-22-10-12-23(13-11-22)19(26)16-6-3-4-9-24(16)20(27)17-7-5-14-28-17/h2,5,7,14,16H,1,3-4,6,8-13,15H2,(H,21,25). The first kappa shape index (κ1) is 20.1. The number of furan rings is 1. The van der Waals surface area contributed by atoms with Crippen LogP contribution >= 0.6 is 0 Å². The Morgan fingerprint density at radius 3 is 2.64 bits per heavy atom. The lowest BCUT2D eigenvalue weighted by atomic mass is 10.00. The highest BCUT2D eigenvalue weighted by atomic mass is 16.3. The lowest BCUT2D eigenvalue weighted by Crippen LogP contribution is -2.57. The van der Waals surface area contributed by atoms with Crippen LogP contribution in [0.5, 0.6) is 0 Å². The lowest BCUT2D eigenvalue weighted by Gasteiger charge is -2.40. The molecule has 2 saturated heterocycles. The Hall–Kier alpha value is -2.61. The van der Waals surface area contributed by atoms with E-state index in [4.69, 9.17) is 4.42 Å². The maximum Gasteiger partial charge on any atom is 0.290 e. The van der Waals surface area contributed by atoms with Gasteiger partial charge >= 0.3 is 0 Å². The SMILES string of the molecule is C=CCNC(=O)CN1CCN(C(=O)C2CCCCN2C(=O)c2ccco2)CC1. The second-order valence-electron chi connectivity index (χ2n) is 7.18. The van der Waals surface area contributed by atoms with E-state index in [1.165, 1.54) is 6.26 Å². The number of likely N-dealkylation sites (tertiary alicyclic amines) is 1.